The highest BCUT2D eigenvalue weighted by atomic mass is 35.5. The number of nitrogens with zero attached hydrogens (tertiary/aromatic N) is 2. The summed E-state index contributed by atoms with van der Waals surface area (Å²) in [7, 11) is 0. The van der Waals surface area contributed by atoms with Crippen LogP contribution in [0.3, 0.4) is 0 Å². The van der Waals surface area contributed by atoms with Crippen molar-refractivity contribution in [2.24, 2.45) is 0 Å². The van der Waals surface area contributed by atoms with Crippen molar-refractivity contribution in [2.45, 2.75) is 19.6 Å². The number of carbonyl (C=O) groups excluding carboxylic acids is 1. The van der Waals surface area contributed by atoms with Gasteiger partial charge in [0, 0.05) is 44.3 Å². The maximum absolute atomic E-state index is 12.0. The van der Waals surface area contributed by atoms with E-state index in [1.807, 2.05) is 24.3 Å². The van der Waals surface area contributed by atoms with Gasteiger partial charge in [-0.25, -0.2) is 0 Å². The highest BCUT2D eigenvalue weighted by Gasteiger charge is 2.19. The van der Waals surface area contributed by atoms with Crippen LogP contribution < -0.4 is 5.32 Å². The molecule has 1 atom stereocenters. The number of halogens is 1. The Morgan fingerprint density at radius 1 is 1.32 bits per heavy atom. The van der Waals surface area contributed by atoms with E-state index in [1.165, 1.54) is 0 Å². The smallest absolute Gasteiger partial charge is 0.234 e. The topological polar surface area (TPSA) is 55.8 Å². The molecule has 0 spiro atoms. The van der Waals surface area contributed by atoms with Gasteiger partial charge >= 0.3 is 0 Å². The zero-order valence-electron chi connectivity index (χ0n) is 13.0. The van der Waals surface area contributed by atoms with Gasteiger partial charge in [-0.1, -0.05) is 23.7 Å². The fourth-order valence-electron chi connectivity index (χ4n) is 2.61. The lowest BCUT2D eigenvalue weighted by Gasteiger charge is -2.34. The van der Waals surface area contributed by atoms with Gasteiger partial charge in [0.1, 0.15) is 0 Å². The average molecular weight is 326 g/mol. The summed E-state index contributed by atoms with van der Waals surface area (Å²) in [5, 5.41) is 13.0. The van der Waals surface area contributed by atoms with Crippen molar-refractivity contribution in [3.05, 3.63) is 34.9 Å². The Morgan fingerprint density at radius 3 is 2.64 bits per heavy atom. The van der Waals surface area contributed by atoms with Gasteiger partial charge in [-0.3, -0.25) is 14.6 Å². The number of piperazine rings is 1. The summed E-state index contributed by atoms with van der Waals surface area (Å²) in [6.45, 7) is 6.93. The van der Waals surface area contributed by atoms with Crippen LogP contribution in [0.5, 0.6) is 0 Å². The molecular formula is C16H24ClN3O2. The monoisotopic (exact) mass is 325 g/mol. The molecule has 6 heteroatoms. The molecular weight excluding hydrogens is 302 g/mol. The van der Waals surface area contributed by atoms with Crippen molar-refractivity contribution >= 4 is 17.5 Å². The summed E-state index contributed by atoms with van der Waals surface area (Å²) in [6.07, 6.45) is -0.299. The summed E-state index contributed by atoms with van der Waals surface area (Å²) in [5.74, 6) is 0.0314. The van der Waals surface area contributed by atoms with E-state index in [4.69, 9.17) is 11.6 Å². The first-order chi connectivity index (χ1) is 10.5. The van der Waals surface area contributed by atoms with Crippen molar-refractivity contribution in [3.8, 4) is 0 Å². The Bertz CT molecular complexity index is 488. The molecule has 1 aliphatic rings. The first-order valence-corrected chi connectivity index (χ1v) is 8.04. The van der Waals surface area contributed by atoms with Gasteiger partial charge in [0.15, 0.2) is 0 Å². The van der Waals surface area contributed by atoms with Gasteiger partial charge in [0.2, 0.25) is 5.91 Å². The number of aliphatic hydroxyl groups excluding tert-OH is 1. The van der Waals surface area contributed by atoms with Gasteiger partial charge in [0.25, 0.3) is 0 Å². The number of benzene rings is 1. The van der Waals surface area contributed by atoms with E-state index in [2.05, 4.69) is 15.1 Å². The Kier molecular flexibility index (Phi) is 6.64. The summed E-state index contributed by atoms with van der Waals surface area (Å²) in [6, 6.07) is 7.50. The molecule has 1 heterocycles. The number of amides is 1. The molecule has 1 fully saturated rings. The first-order valence-electron chi connectivity index (χ1n) is 7.67. The Labute approximate surface area is 136 Å². The van der Waals surface area contributed by atoms with E-state index < -0.39 is 0 Å². The normalized spacial score (nSPS) is 18.1. The molecule has 0 saturated carbocycles. The molecule has 0 radical (unpaired) electrons. The third-order valence-corrected chi connectivity index (χ3v) is 3.97. The van der Waals surface area contributed by atoms with E-state index in [1.54, 1.807) is 6.92 Å². The van der Waals surface area contributed by atoms with Crippen LogP contribution in [0.25, 0.3) is 0 Å². The van der Waals surface area contributed by atoms with Crippen LogP contribution in [0, 0.1) is 0 Å². The summed E-state index contributed by atoms with van der Waals surface area (Å²) in [4.78, 5) is 16.4. The lowest BCUT2D eigenvalue weighted by molar-refractivity contribution is -0.122. The summed E-state index contributed by atoms with van der Waals surface area (Å²) in [5.41, 5.74) is 1.00. The Morgan fingerprint density at radius 2 is 2.00 bits per heavy atom. The van der Waals surface area contributed by atoms with Crippen LogP contribution in [0.2, 0.25) is 5.02 Å². The maximum Gasteiger partial charge on any atom is 0.234 e. The quantitative estimate of drug-likeness (QED) is 0.818. The van der Waals surface area contributed by atoms with Crippen molar-refractivity contribution < 1.29 is 9.90 Å². The molecule has 122 valence electrons. The molecule has 1 aromatic carbocycles. The molecule has 1 saturated heterocycles. The first kappa shape index (κ1) is 17.2. The molecule has 0 unspecified atom stereocenters. The summed E-state index contributed by atoms with van der Waals surface area (Å²) < 4.78 is 0. The number of hydrogen-bond donors (Lipinski definition) is 2. The number of aliphatic hydroxyl groups is 1. The van der Waals surface area contributed by atoms with Crippen molar-refractivity contribution in [3.63, 3.8) is 0 Å². The van der Waals surface area contributed by atoms with E-state index in [0.717, 1.165) is 31.7 Å². The fourth-order valence-corrected chi connectivity index (χ4v) is 2.82. The zero-order valence-corrected chi connectivity index (χ0v) is 13.7. The van der Waals surface area contributed by atoms with Crippen molar-refractivity contribution in [1.29, 1.82) is 0 Å². The molecule has 1 aliphatic heterocycles. The van der Waals surface area contributed by atoms with Gasteiger partial charge < -0.3 is 10.4 Å². The predicted octanol–water partition coefficient (Wildman–Crippen LogP) is 0.955. The minimum atomic E-state index is -0.299. The molecule has 2 N–H and O–H groups in total. The number of hydrogen-bond acceptors (Lipinski definition) is 4. The molecule has 0 aromatic heterocycles. The van der Waals surface area contributed by atoms with Crippen LogP contribution >= 0.6 is 11.6 Å². The van der Waals surface area contributed by atoms with Crippen LogP contribution in [-0.4, -0.2) is 66.2 Å². The molecule has 0 aliphatic carbocycles. The number of rotatable bonds is 6. The minimum Gasteiger partial charge on any atom is -0.392 e. The Balaban J connectivity index is 1.68. The van der Waals surface area contributed by atoms with Gasteiger partial charge in [-0.15, -0.1) is 0 Å². The van der Waals surface area contributed by atoms with Crippen LogP contribution in [0.4, 0.5) is 0 Å². The number of carbonyl (C=O) groups is 1. The maximum atomic E-state index is 12.0. The number of β-amino-alcohol motifs (C(OH)–C–C–N with tert-alkyl or cyclic N) is 1. The molecule has 1 aromatic rings. The second-order valence-electron chi connectivity index (χ2n) is 5.83. The van der Waals surface area contributed by atoms with Gasteiger partial charge in [0.05, 0.1) is 12.6 Å². The Hall–Kier alpha value is -1.14. The molecule has 5 nitrogen and oxygen atoms in total. The van der Waals surface area contributed by atoms with Crippen LogP contribution in [0.15, 0.2) is 24.3 Å². The lowest BCUT2D eigenvalue weighted by Crippen LogP contribution is -2.50. The van der Waals surface area contributed by atoms with Crippen molar-refractivity contribution in [2.75, 3.05) is 39.3 Å². The standard InChI is InChI=1S/C16H24ClN3O2/c1-13(21)11-19-5-7-20(8-6-19)12-16(22)18-10-14-3-2-4-15(17)9-14/h2-4,9,13,21H,5-8,10-12H2,1H3,(H,18,22)/t13-/m1/s1. The van der Waals surface area contributed by atoms with E-state index >= 15 is 0 Å². The molecule has 1 amide bonds. The number of nitrogens with one attached hydrogen (secondary N) is 1. The molecule has 22 heavy (non-hydrogen) atoms. The third-order valence-electron chi connectivity index (χ3n) is 3.73. The molecule has 0 bridgehead atoms. The zero-order chi connectivity index (χ0) is 15.9. The SMILES string of the molecule is C[C@@H](O)CN1CCN(CC(=O)NCc2cccc(Cl)c2)CC1. The van der Waals surface area contributed by atoms with Crippen LogP contribution in [-0.2, 0) is 11.3 Å². The second-order valence-corrected chi connectivity index (χ2v) is 6.27. The van der Waals surface area contributed by atoms with Crippen molar-refractivity contribution in [1.82, 2.24) is 15.1 Å². The third kappa shape index (κ3) is 5.93. The predicted molar refractivity (Wildman–Crippen MR) is 87.9 cm³/mol. The highest BCUT2D eigenvalue weighted by molar-refractivity contribution is 6.30. The van der Waals surface area contributed by atoms with E-state index in [9.17, 15) is 9.90 Å². The van der Waals surface area contributed by atoms with Gasteiger partial charge in [-0.05, 0) is 24.6 Å². The van der Waals surface area contributed by atoms with E-state index in [-0.39, 0.29) is 12.0 Å². The second kappa shape index (κ2) is 8.48. The van der Waals surface area contributed by atoms with E-state index in [0.29, 0.717) is 24.7 Å². The minimum absolute atomic E-state index is 0.0314. The largest absolute Gasteiger partial charge is 0.392 e. The average Bonchev–Trinajstić information content (AvgIpc) is 2.47. The van der Waals surface area contributed by atoms with Gasteiger partial charge in [-0.2, -0.15) is 0 Å². The van der Waals surface area contributed by atoms with Crippen LogP contribution in [0.1, 0.15) is 12.5 Å². The fraction of sp³-hybridized carbons (Fsp3) is 0.562. The lowest BCUT2D eigenvalue weighted by atomic mass is 10.2. The summed E-state index contributed by atoms with van der Waals surface area (Å²) >= 11 is 5.92. The molecule has 2 rings (SSSR count). The highest BCUT2D eigenvalue weighted by Crippen LogP contribution is 2.10.